The molecule has 0 fully saturated rings. The van der Waals surface area contributed by atoms with E-state index in [4.69, 9.17) is 4.18 Å². The lowest BCUT2D eigenvalue weighted by molar-refractivity contribution is 0.393. The van der Waals surface area contributed by atoms with E-state index in [1.54, 1.807) is 6.92 Å². The minimum atomic E-state index is -2.05. The van der Waals surface area contributed by atoms with Crippen molar-refractivity contribution in [2.24, 2.45) is 5.10 Å². The smallest absolute Gasteiger partial charge is 0.141 e. The molecule has 1 rings (SSSR count). The van der Waals surface area contributed by atoms with Crippen molar-refractivity contribution in [3.63, 3.8) is 0 Å². The second-order valence-corrected chi connectivity index (χ2v) is 5.41. The molecule has 0 saturated carbocycles. The zero-order chi connectivity index (χ0) is 8.48. The third kappa shape index (κ3) is 1.36. The molecule has 2 unspecified atom stereocenters. The molecule has 0 saturated heterocycles. The van der Waals surface area contributed by atoms with Gasteiger partial charge in [-0.3, -0.25) is 8.74 Å². The second kappa shape index (κ2) is 3.00. The summed E-state index contributed by atoms with van der Waals surface area (Å²) in [5.74, 6) is 0. The van der Waals surface area contributed by atoms with Crippen LogP contribution in [0.2, 0.25) is 0 Å². The third-order valence-corrected chi connectivity index (χ3v) is 4.54. The molecule has 5 heteroatoms. The fraction of sp³-hybridized carbons (Fsp3) is 0.833. The Balaban J connectivity index is 2.87. The van der Waals surface area contributed by atoms with Crippen LogP contribution in [-0.4, -0.2) is 28.5 Å². The van der Waals surface area contributed by atoms with Crippen LogP contribution in [0, 0.1) is 0 Å². The molecule has 0 bridgehead atoms. The van der Waals surface area contributed by atoms with E-state index >= 15 is 0 Å². The van der Waals surface area contributed by atoms with Crippen molar-refractivity contribution in [1.82, 2.24) is 5.43 Å². The molecule has 0 radical (unpaired) electrons. The summed E-state index contributed by atoms with van der Waals surface area (Å²) in [7, 11) is -0.524. The fourth-order valence-corrected chi connectivity index (χ4v) is 2.69. The van der Waals surface area contributed by atoms with Crippen molar-refractivity contribution in [2.75, 3.05) is 13.7 Å². The summed E-state index contributed by atoms with van der Waals surface area (Å²) in [6, 6.07) is 0. The zero-order valence-electron chi connectivity index (χ0n) is 7.00. The largest absolute Gasteiger partial charge is 0.307 e. The number of hydrogen-bond donors (Lipinski definition) is 2. The first-order chi connectivity index (χ1) is 5.11. The summed E-state index contributed by atoms with van der Waals surface area (Å²) in [5.41, 5.74) is 2.84. The van der Waals surface area contributed by atoms with Gasteiger partial charge in [0.2, 0.25) is 0 Å². The molecule has 0 aromatic carbocycles. The van der Waals surface area contributed by atoms with Crippen LogP contribution in [0.5, 0.6) is 0 Å². The van der Waals surface area contributed by atoms with E-state index in [2.05, 4.69) is 10.5 Å². The maximum Gasteiger partial charge on any atom is 0.141 e. The van der Waals surface area contributed by atoms with E-state index in [9.17, 15) is 4.55 Å². The summed E-state index contributed by atoms with van der Waals surface area (Å²) >= 11 is 0. The topological polar surface area (TPSA) is 53.9 Å². The van der Waals surface area contributed by atoms with Crippen molar-refractivity contribution in [3.8, 4) is 0 Å². The Labute approximate surface area is 68.4 Å². The molecule has 66 valence electrons. The van der Waals surface area contributed by atoms with Crippen LogP contribution in [0.3, 0.4) is 0 Å². The van der Waals surface area contributed by atoms with Gasteiger partial charge in [0.05, 0.1) is 18.9 Å². The Bertz CT molecular complexity index is 185. The summed E-state index contributed by atoms with van der Waals surface area (Å²) in [4.78, 5) is 0. The summed E-state index contributed by atoms with van der Waals surface area (Å²) in [6.45, 7) is 4.41. The Kier molecular flexibility index (Phi) is 2.41. The van der Waals surface area contributed by atoms with Crippen molar-refractivity contribution in [2.45, 2.75) is 19.1 Å². The van der Waals surface area contributed by atoms with Gasteiger partial charge >= 0.3 is 0 Å². The molecule has 1 heterocycles. The predicted molar refractivity (Wildman–Crippen MR) is 47.8 cm³/mol. The molecule has 0 amide bonds. The number of nitrogens with zero attached hydrogens (tertiary/aromatic N) is 1. The van der Waals surface area contributed by atoms with Gasteiger partial charge in [-0.05, 0) is 13.8 Å². The maximum absolute atomic E-state index is 9.91. The first-order valence-electron chi connectivity index (χ1n) is 3.48. The third-order valence-electron chi connectivity index (χ3n) is 1.84. The molecule has 0 spiro atoms. The monoisotopic (exact) mass is 178 g/mol. The number of hydrazone groups is 1. The Hall–Kier alpha value is -0.260. The summed E-state index contributed by atoms with van der Waals surface area (Å²) in [5, 5.41) is 4.71. The van der Waals surface area contributed by atoms with Crippen molar-refractivity contribution >= 4 is 15.6 Å². The van der Waals surface area contributed by atoms with E-state index in [0.29, 0.717) is 11.6 Å². The number of nitrogens with one attached hydrogen (secondary N) is 1. The number of hydrogen-bond acceptors (Lipinski definition) is 4. The molecule has 1 aliphatic rings. The molecular formula is C6H14N2O2S. The normalized spacial score (nSPS) is 43.6. The number of rotatable bonds is 1. The lowest BCUT2D eigenvalue weighted by Gasteiger charge is -2.43. The van der Waals surface area contributed by atoms with Crippen LogP contribution >= 0.6 is 10.6 Å². The molecule has 0 aromatic heterocycles. The Morgan fingerprint density at radius 2 is 2.45 bits per heavy atom. The average Bonchev–Trinajstić information content (AvgIpc) is 2.00. The van der Waals surface area contributed by atoms with Gasteiger partial charge in [-0.15, -0.1) is 10.6 Å². The van der Waals surface area contributed by atoms with Gasteiger partial charge in [0.25, 0.3) is 0 Å². The second-order valence-electron chi connectivity index (χ2n) is 2.54. The molecule has 11 heavy (non-hydrogen) atoms. The highest BCUT2D eigenvalue weighted by Crippen LogP contribution is 2.51. The van der Waals surface area contributed by atoms with Gasteiger partial charge in [-0.1, -0.05) is 0 Å². The molecular weight excluding hydrogens is 164 g/mol. The van der Waals surface area contributed by atoms with Crippen LogP contribution in [-0.2, 0) is 4.18 Å². The lowest BCUT2D eigenvalue weighted by Crippen LogP contribution is -2.36. The van der Waals surface area contributed by atoms with Gasteiger partial charge in [0, 0.05) is 0 Å². The van der Waals surface area contributed by atoms with Crippen molar-refractivity contribution in [3.05, 3.63) is 0 Å². The summed E-state index contributed by atoms with van der Waals surface area (Å²) < 4.78 is 15.0. The highest BCUT2D eigenvalue weighted by Gasteiger charge is 2.30. The van der Waals surface area contributed by atoms with Crippen LogP contribution < -0.4 is 5.43 Å². The maximum atomic E-state index is 9.91. The van der Waals surface area contributed by atoms with Crippen LogP contribution in [0.25, 0.3) is 0 Å². The average molecular weight is 178 g/mol. The molecule has 1 aliphatic heterocycles. The molecule has 2 atom stereocenters. The standard InChI is InChI=1S/C6H14N2O2S/c1-5-4-7-8-6(2)11(5,9)10-3/h5,7,9H,4H2,1-3H3. The van der Waals surface area contributed by atoms with Crippen LogP contribution in [0.1, 0.15) is 13.8 Å². The van der Waals surface area contributed by atoms with Gasteiger partial charge in [0.1, 0.15) is 5.04 Å². The quantitative estimate of drug-likeness (QED) is 0.633. The van der Waals surface area contributed by atoms with Gasteiger partial charge in [0.15, 0.2) is 0 Å². The first-order valence-corrected chi connectivity index (χ1v) is 5.06. The Morgan fingerprint density at radius 3 is 2.82 bits per heavy atom. The van der Waals surface area contributed by atoms with E-state index < -0.39 is 10.6 Å². The predicted octanol–water partition coefficient (Wildman–Crippen LogP) is 1.15. The Morgan fingerprint density at radius 1 is 1.82 bits per heavy atom. The lowest BCUT2D eigenvalue weighted by atomic mass is 10.5. The SMILES string of the molecule is COS1(O)C(C)=NNCC1C. The van der Waals surface area contributed by atoms with Crippen molar-refractivity contribution in [1.29, 1.82) is 0 Å². The molecule has 0 aromatic rings. The molecule has 4 nitrogen and oxygen atoms in total. The van der Waals surface area contributed by atoms with Gasteiger partial charge in [-0.2, -0.15) is 5.10 Å². The van der Waals surface area contributed by atoms with E-state index in [-0.39, 0.29) is 5.25 Å². The highest BCUT2D eigenvalue weighted by molar-refractivity contribution is 8.38. The van der Waals surface area contributed by atoms with Crippen LogP contribution in [0.4, 0.5) is 0 Å². The van der Waals surface area contributed by atoms with E-state index in [1.807, 2.05) is 6.92 Å². The minimum absolute atomic E-state index is 0.116. The van der Waals surface area contributed by atoms with Gasteiger partial charge in [-0.25, -0.2) is 0 Å². The van der Waals surface area contributed by atoms with E-state index in [0.717, 1.165) is 0 Å². The van der Waals surface area contributed by atoms with Crippen molar-refractivity contribution < 1.29 is 8.74 Å². The molecule has 0 aliphatic carbocycles. The van der Waals surface area contributed by atoms with Crippen LogP contribution in [0.15, 0.2) is 5.10 Å². The molecule has 2 N–H and O–H groups in total. The fourth-order valence-electron chi connectivity index (χ4n) is 1.04. The van der Waals surface area contributed by atoms with Gasteiger partial charge < -0.3 is 5.43 Å². The summed E-state index contributed by atoms with van der Waals surface area (Å²) in [6.07, 6.45) is 0. The first kappa shape index (κ1) is 8.83. The zero-order valence-corrected chi connectivity index (χ0v) is 7.81. The van der Waals surface area contributed by atoms with E-state index in [1.165, 1.54) is 7.11 Å². The minimum Gasteiger partial charge on any atom is -0.307 e. The highest BCUT2D eigenvalue weighted by atomic mass is 32.3.